The molecular weight excluding hydrogens is 300 g/mol. The Morgan fingerprint density at radius 1 is 1.17 bits per heavy atom. The summed E-state index contributed by atoms with van der Waals surface area (Å²) in [6, 6.07) is 14.1. The molecule has 0 atom stereocenters. The molecule has 1 heterocycles. The molecule has 1 amide bonds. The molecular formula is C20H26N2O2. The summed E-state index contributed by atoms with van der Waals surface area (Å²) in [5.74, 6) is 1.59. The van der Waals surface area contributed by atoms with Gasteiger partial charge in [-0.05, 0) is 61.7 Å². The number of fused-ring (bicyclic) bond motifs is 1. The van der Waals surface area contributed by atoms with Crippen LogP contribution in [0.3, 0.4) is 0 Å². The van der Waals surface area contributed by atoms with Crippen molar-refractivity contribution >= 4 is 16.7 Å². The average molecular weight is 326 g/mol. The van der Waals surface area contributed by atoms with E-state index in [1.165, 1.54) is 11.8 Å². The third-order valence-corrected chi connectivity index (χ3v) is 4.85. The first-order valence-corrected chi connectivity index (χ1v) is 8.80. The monoisotopic (exact) mass is 326 g/mol. The largest absolute Gasteiger partial charge is 0.484 e. The number of benzene rings is 2. The predicted octanol–water partition coefficient (Wildman–Crippen LogP) is 3.07. The molecule has 4 heteroatoms. The molecule has 1 aliphatic heterocycles. The van der Waals surface area contributed by atoms with E-state index in [4.69, 9.17) is 4.74 Å². The summed E-state index contributed by atoms with van der Waals surface area (Å²) in [7, 11) is 1.99. The summed E-state index contributed by atoms with van der Waals surface area (Å²) < 4.78 is 5.72. The lowest BCUT2D eigenvalue weighted by Gasteiger charge is -2.32. The number of carbonyl (C=O) groups is 1. The van der Waals surface area contributed by atoms with Crippen molar-refractivity contribution < 1.29 is 9.53 Å². The fourth-order valence-electron chi connectivity index (χ4n) is 3.31. The highest BCUT2D eigenvalue weighted by atomic mass is 16.5. The summed E-state index contributed by atoms with van der Waals surface area (Å²) >= 11 is 0. The lowest BCUT2D eigenvalue weighted by molar-refractivity contribution is -0.134. The minimum absolute atomic E-state index is 0.0928. The number of rotatable bonds is 6. The van der Waals surface area contributed by atoms with Gasteiger partial charge in [-0.2, -0.15) is 0 Å². The molecule has 128 valence electrons. The number of nitrogens with zero attached hydrogens (tertiary/aromatic N) is 1. The van der Waals surface area contributed by atoms with Crippen LogP contribution >= 0.6 is 0 Å². The van der Waals surface area contributed by atoms with Crippen LogP contribution < -0.4 is 10.1 Å². The van der Waals surface area contributed by atoms with Crippen LogP contribution in [0.4, 0.5) is 0 Å². The first kappa shape index (κ1) is 16.8. The normalized spacial score (nSPS) is 15.6. The van der Waals surface area contributed by atoms with Gasteiger partial charge in [0.1, 0.15) is 5.75 Å². The highest BCUT2D eigenvalue weighted by Crippen LogP contribution is 2.22. The van der Waals surface area contributed by atoms with Crippen LogP contribution in [0.5, 0.6) is 5.75 Å². The van der Waals surface area contributed by atoms with Gasteiger partial charge in [-0.3, -0.25) is 4.79 Å². The standard InChI is InChI=1S/C20H26N2O2/c1-21-11-8-16-9-12-22(13-10-16)20(23)15-24-19-7-6-17-4-2-3-5-18(17)14-19/h2-7,14,16,21H,8-13,15H2,1H3. The molecule has 2 aromatic rings. The van der Waals surface area contributed by atoms with Crippen molar-refractivity contribution in [2.75, 3.05) is 33.3 Å². The van der Waals surface area contributed by atoms with E-state index in [0.717, 1.165) is 49.5 Å². The molecule has 24 heavy (non-hydrogen) atoms. The van der Waals surface area contributed by atoms with Gasteiger partial charge in [-0.1, -0.05) is 30.3 Å². The molecule has 1 fully saturated rings. The van der Waals surface area contributed by atoms with E-state index in [9.17, 15) is 4.79 Å². The molecule has 1 saturated heterocycles. The predicted molar refractivity (Wildman–Crippen MR) is 97.3 cm³/mol. The molecule has 0 aliphatic carbocycles. The van der Waals surface area contributed by atoms with Crippen molar-refractivity contribution in [1.29, 1.82) is 0 Å². The van der Waals surface area contributed by atoms with E-state index in [0.29, 0.717) is 0 Å². The summed E-state index contributed by atoms with van der Waals surface area (Å²) in [6.07, 6.45) is 3.40. The van der Waals surface area contributed by atoms with Gasteiger partial charge in [0.15, 0.2) is 6.61 Å². The topological polar surface area (TPSA) is 41.6 Å². The average Bonchev–Trinajstić information content (AvgIpc) is 2.64. The van der Waals surface area contributed by atoms with E-state index in [-0.39, 0.29) is 12.5 Å². The summed E-state index contributed by atoms with van der Waals surface area (Å²) in [6.45, 7) is 2.89. The minimum atomic E-state index is 0.0928. The lowest BCUT2D eigenvalue weighted by atomic mass is 9.93. The minimum Gasteiger partial charge on any atom is -0.484 e. The number of nitrogens with one attached hydrogen (secondary N) is 1. The number of hydrogen-bond donors (Lipinski definition) is 1. The Balaban J connectivity index is 1.48. The maximum absolute atomic E-state index is 12.3. The molecule has 3 rings (SSSR count). The van der Waals surface area contributed by atoms with Crippen molar-refractivity contribution in [3.63, 3.8) is 0 Å². The lowest BCUT2D eigenvalue weighted by Crippen LogP contribution is -2.41. The zero-order valence-corrected chi connectivity index (χ0v) is 14.3. The molecule has 4 nitrogen and oxygen atoms in total. The maximum atomic E-state index is 12.3. The van der Waals surface area contributed by atoms with Crippen molar-refractivity contribution in [3.05, 3.63) is 42.5 Å². The third-order valence-electron chi connectivity index (χ3n) is 4.85. The van der Waals surface area contributed by atoms with E-state index < -0.39 is 0 Å². The molecule has 0 bridgehead atoms. The quantitative estimate of drug-likeness (QED) is 0.887. The SMILES string of the molecule is CNCCC1CCN(C(=O)COc2ccc3ccccc3c2)CC1. The highest BCUT2D eigenvalue weighted by molar-refractivity contribution is 5.84. The van der Waals surface area contributed by atoms with Crippen LogP contribution in [-0.2, 0) is 4.79 Å². The van der Waals surface area contributed by atoms with Gasteiger partial charge < -0.3 is 15.0 Å². The first-order chi connectivity index (χ1) is 11.8. The second-order valence-electron chi connectivity index (χ2n) is 6.51. The number of ether oxygens (including phenoxy) is 1. The molecule has 0 unspecified atom stereocenters. The number of likely N-dealkylation sites (tertiary alicyclic amines) is 1. The molecule has 0 saturated carbocycles. The van der Waals surface area contributed by atoms with Crippen LogP contribution in [0.25, 0.3) is 10.8 Å². The molecule has 1 aliphatic rings. The van der Waals surface area contributed by atoms with Crippen LogP contribution in [-0.4, -0.2) is 44.1 Å². The van der Waals surface area contributed by atoms with E-state index >= 15 is 0 Å². The Morgan fingerprint density at radius 3 is 2.67 bits per heavy atom. The van der Waals surface area contributed by atoms with Crippen molar-refractivity contribution in [3.8, 4) is 5.75 Å². The molecule has 2 aromatic carbocycles. The zero-order valence-electron chi connectivity index (χ0n) is 14.3. The van der Waals surface area contributed by atoms with Crippen LogP contribution in [0, 0.1) is 5.92 Å². The molecule has 0 radical (unpaired) electrons. The van der Waals surface area contributed by atoms with Crippen LogP contribution in [0.15, 0.2) is 42.5 Å². The van der Waals surface area contributed by atoms with Crippen molar-refractivity contribution in [2.24, 2.45) is 5.92 Å². The Bertz CT molecular complexity index is 678. The summed E-state index contributed by atoms with van der Waals surface area (Å²) in [5, 5.41) is 5.51. The summed E-state index contributed by atoms with van der Waals surface area (Å²) in [4.78, 5) is 14.3. The highest BCUT2D eigenvalue weighted by Gasteiger charge is 2.22. The van der Waals surface area contributed by atoms with Gasteiger partial charge in [0.05, 0.1) is 0 Å². The third kappa shape index (κ3) is 4.26. The van der Waals surface area contributed by atoms with E-state index in [2.05, 4.69) is 17.4 Å². The van der Waals surface area contributed by atoms with Crippen molar-refractivity contribution in [1.82, 2.24) is 10.2 Å². The van der Waals surface area contributed by atoms with Gasteiger partial charge in [-0.25, -0.2) is 0 Å². The molecule has 0 spiro atoms. The molecule has 1 N–H and O–H groups in total. The first-order valence-electron chi connectivity index (χ1n) is 8.80. The number of piperidine rings is 1. The Hall–Kier alpha value is -2.07. The van der Waals surface area contributed by atoms with E-state index in [1.807, 2.05) is 42.3 Å². The number of carbonyl (C=O) groups excluding carboxylic acids is 1. The Labute approximate surface area is 143 Å². The smallest absolute Gasteiger partial charge is 0.260 e. The van der Waals surface area contributed by atoms with Gasteiger partial charge in [0, 0.05) is 13.1 Å². The fraction of sp³-hybridized carbons (Fsp3) is 0.450. The Morgan fingerprint density at radius 2 is 1.92 bits per heavy atom. The second kappa shape index (κ2) is 8.15. The Kier molecular flexibility index (Phi) is 5.70. The van der Waals surface area contributed by atoms with Crippen LogP contribution in [0.2, 0.25) is 0 Å². The van der Waals surface area contributed by atoms with Crippen molar-refractivity contribution in [2.45, 2.75) is 19.3 Å². The second-order valence-corrected chi connectivity index (χ2v) is 6.51. The van der Waals surface area contributed by atoms with Gasteiger partial charge in [0.2, 0.25) is 0 Å². The summed E-state index contributed by atoms with van der Waals surface area (Å²) in [5.41, 5.74) is 0. The number of amides is 1. The van der Waals surface area contributed by atoms with Gasteiger partial charge in [0.25, 0.3) is 5.91 Å². The van der Waals surface area contributed by atoms with Crippen LogP contribution in [0.1, 0.15) is 19.3 Å². The number of hydrogen-bond acceptors (Lipinski definition) is 3. The maximum Gasteiger partial charge on any atom is 0.260 e. The molecule has 0 aromatic heterocycles. The van der Waals surface area contributed by atoms with E-state index in [1.54, 1.807) is 0 Å². The fourth-order valence-corrected chi connectivity index (χ4v) is 3.31. The van der Waals surface area contributed by atoms with Gasteiger partial charge >= 0.3 is 0 Å². The van der Waals surface area contributed by atoms with Gasteiger partial charge in [-0.15, -0.1) is 0 Å². The zero-order chi connectivity index (χ0) is 16.8.